The molecule has 118 valence electrons. The molecular weight excluding hydrogens is 319 g/mol. The lowest BCUT2D eigenvalue weighted by molar-refractivity contribution is 0.0465. The molecule has 0 bridgehead atoms. The number of benzene rings is 1. The summed E-state index contributed by atoms with van der Waals surface area (Å²) in [6.07, 6.45) is 1.30. The maximum absolute atomic E-state index is 14.0. The molecule has 1 unspecified atom stereocenters. The van der Waals surface area contributed by atoms with Gasteiger partial charge in [0.05, 0.1) is 11.3 Å². The summed E-state index contributed by atoms with van der Waals surface area (Å²) in [4.78, 5) is -0.519. The number of rotatable bonds is 2. The first-order valence-corrected chi connectivity index (χ1v) is 8.42. The third kappa shape index (κ3) is 3.48. The second kappa shape index (κ2) is 5.72. The average Bonchev–Trinajstić information content (AvgIpc) is 2.55. The third-order valence-corrected chi connectivity index (χ3v) is 5.79. The molecular formula is C13H18ClFN2O3S. The van der Waals surface area contributed by atoms with Gasteiger partial charge in [0.25, 0.3) is 0 Å². The molecule has 3 N–H and O–H groups in total. The molecule has 21 heavy (non-hydrogen) atoms. The van der Waals surface area contributed by atoms with Crippen molar-refractivity contribution in [1.29, 1.82) is 0 Å². The molecule has 0 aliphatic carbocycles. The van der Waals surface area contributed by atoms with Gasteiger partial charge in [0.15, 0.2) is 5.82 Å². The zero-order valence-electron chi connectivity index (χ0n) is 11.6. The lowest BCUT2D eigenvalue weighted by Gasteiger charge is -2.22. The molecule has 1 aromatic carbocycles. The second-order valence-corrected chi connectivity index (χ2v) is 7.90. The van der Waals surface area contributed by atoms with Crippen molar-refractivity contribution in [3.63, 3.8) is 0 Å². The first-order chi connectivity index (χ1) is 9.63. The van der Waals surface area contributed by atoms with E-state index in [1.165, 1.54) is 10.4 Å². The summed E-state index contributed by atoms with van der Waals surface area (Å²) in [6.45, 7) is 2.02. The van der Waals surface area contributed by atoms with Crippen LogP contribution >= 0.6 is 11.6 Å². The van der Waals surface area contributed by atoms with Gasteiger partial charge in [-0.15, -0.1) is 0 Å². The molecule has 0 aromatic heterocycles. The van der Waals surface area contributed by atoms with Crippen molar-refractivity contribution in [3.05, 3.63) is 23.0 Å². The van der Waals surface area contributed by atoms with Gasteiger partial charge < -0.3 is 10.8 Å². The van der Waals surface area contributed by atoms with Crippen LogP contribution in [-0.2, 0) is 10.0 Å². The summed E-state index contributed by atoms with van der Waals surface area (Å²) in [5.74, 6) is -0.990. The Balaban J connectivity index is 2.39. The van der Waals surface area contributed by atoms with Crippen LogP contribution in [0, 0.1) is 5.82 Å². The van der Waals surface area contributed by atoms with E-state index in [4.69, 9.17) is 17.3 Å². The van der Waals surface area contributed by atoms with Gasteiger partial charge in [-0.3, -0.25) is 0 Å². The highest BCUT2D eigenvalue weighted by atomic mass is 35.5. The summed E-state index contributed by atoms with van der Waals surface area (Å²) < 4.78 is 40.3. The van der Waals surface area contributed by atoms with Crippen molar-refractivity contribution in [2.24, 2.45) is 0 Å². The highest BCUT2D eigenvalue weighted by Gasteiger charge is 2.33. The summed E-state index contributed by atoms with van der Waals surface area (Å²) in [5.41, 5.74) is 4.23. The fourth-order valence-electron chi connectivity index (χ4n) is 2.39. The SMILES string of the molecule is CC1(O)CCCN(S(=O)(=O)c2cc(Cl)cc(N)c2F)CC1. The van der Waals surface area contributed by atoms with Crippen LogP contribution in [0.4, 0.5) is 10.1 Å². The number of aliphatic hydroxyl groups is 1. The van der Waals surface area contributed by atoms with E-state index >= 15 is 0 Å². The first-order valence-electron chi connectivity index (χ1n) is 6.60. The fourth-order valence-corrected chi connectivity index (χ4v) is 4.28. The van der Waals surface area contributed by atoms with Crippen LogP contribution in [0.15, 0.2) is 17.0 Å². The van der Waals surface area contributed by atoms with Crippen LogP contribution < -0.4 is 5.73 Å². The molecule has 1 heterocycles. The number of anilines is 1. The standard InChI is InChI=1S/C13H18ClFN2O3S/c1-13(18)3-2-5-17(6-4-13)21(19,20)11-8-9(14)7-10(16)12(11)15/h7-8,18H,2-6,16H2,1H3. The van der Waals surface area contributed by atoms with E-state index in [9.17, 15) is 17.9 Å². The Hall–Kier alpha value is -0.890. The van der Waals surface area contributed by atoms with Crippen molar-refractivity contribution < 1.29 is 17.9 Å². The highest BCUT2D eigenvalue weighted by molar-refractivity contribution is 7.89. The summed E-state index contributed by atoms with van der Waals surface area (Å²) in [7, 11) is -4.03. The van der Waals surface area contributed by atoms with E-state index in [0.29, 0.717) is 19.3 Å². The molecule has 0 radical (unpaired) electrons. The molecule has 2 rings (SSSR count). The molecule has 8 heteroatoms. The Morgan fingerprint density at radius 2 is 2.05 bits per heavy atom. The molecule has 0 spiro atoms. The molecule has 0 saturated carbocycles. The number of hydrogen-bond donors (Lipinski definition) is 2. The smallest absolute Gasteiger partial charge is 0.246 e. The lowest BCUT2D eigenvalue weighted by Crippen LogP contribution is -2.34. The van der Waals surface area contributed by atoms with E-state index in [1.807, 2.05) is 0 Å². The summed E-state index contributed by atoms with van der Waals surface area (Å²) in [5, 5.41) is 10.1. The van der Waals surface area contributed by atoms with Crippen LogP contribution in [-0.4, -0.2) is 36.5 Å². The largest absolute Gasteiger partial charge is 0.396 e. The Labute approximate surface area is 128 Å². The average molecular weight is 337 g/mol. The van der Waals surface area contributed by atoms with Gasteiger partial charge in [0.2, 0.25) is 10.0 Å². The van der Waals surface area contributed by atoms with Gasteiger partial charge in [-0.1, -0.05) is 11.6 Å². The van der Waals surface area contributed by atoms with Crippen molar-refractivity contribution in [3.8, 4) is 0 Å². The van der Waals surface area contributed by atoms with E-state index in [-0.39, 0.29) is 23.8 Å². The predicted octanol–water partition coefficient (Wildman–Crippen LogP) is 1.99. The van der Waals surface area contributed by atoms with Gasteiger partial charge in [-0.2, -0.15) is 4.31 Å². The molecule has 1 saturated heterocycles. The zero-order valence-corrected chi connectivity index (χ0v) is 13.2. The molecule has 0 amide bonds. The first kappa shape index (κ1) is 16.5. The topological polar surface area (TPSA) is 83.6 Å². The summed E-state index contributed by atoms with van der Waals surface area (Å²) in [6, 6.07) is 2.23. The minimum atomic E-state index is -4.03. The van der Waals surface area contributed by atoms with Gasteiger partial charge >= 0.3 is 0 Å². The third-order valence-electron chi connectivity index (χ3n) is 3.67. The van der Waals surface area contributed by atoms with E-state index in [2.05, 4.69) is 0 Å². The maximum Gasteiger partial charge on any atom is 0.246 e. The van der Waals surface area contributed by atoms with Gasteiger partial charge in [-0.05, 0) is 38.3 Å². The predicted molar refractivity (Wildman–Crippen MR) is 79.1 cm³/mol. The van der Waals surface area contributed by atoms with E-state index < -0.39 is 26.3 Å². The lowest BCUT2D eigenvalue weighted by atomic mass is 9.98. The van der Waals surface area contributed by atoms with Gasteiger partial charge in [-0.25, -0.2) is 12.8 Å². The van der Waals surface area contributed by atoms with Crippen molar-refractivity contribution >= 4 is 27.3 Å². The van der Waals surface area contributed by atoms with Crippen LogP contribution in [0.3, 0.4) is 0 Å². The Morgan fingerprint density at radius 3 is 2.71 bits per heavy atom. The zero-order chi connectivity index (χ0) is 15.8. The van der Waals surface area contributed by atoms with Crippen LogP contribution in [0.1, 0.15) is 26.2 Å². The molecule has 1 aromatic rings. The maximum atomic E-state index is 14.0. The summed E-state index contributed by atoms with van der Waals surface area (Å²) >= 11 is 5.77. The molecule has 1 aliphatic heterocycles. The molecule has 1 fully saturated rings. The normalized spacial score (nSPS) is 24.8. The Morgan fingerprint density at radius 1 is 1.38 bits per heavy atom. The van der Waals surface area contributed by atoms with Crippen molar-refractivity contribution in [2.45, 2.75) is 36.7 Å². The molecule has 1 atom stereocenters. The van der Waals surface area contributed by atoms with Crippen molar-refractivity contribution in [2.75, 3.05) is 18.8 Å². The van der Waals surface area contributed by atoms with Gasteiger partial charge in [0.1, 0.15) is 4.90 Å². The quantitative estimate of drug-likeness (QED) is 0.809. The number of sulfonamides is 1. The van der Waals surface area contributed by atoms with Crippen molar-refractivity contribution in [1.82, 2.24) is 4.31 Å². The molecule has 1 aliphatic rings. The Bertz CT molecular complexity index is 649. The minimum Gasteiger partial charge on any atom is -0.396 e. The van der Waals surface area contributed by atoms with Gasteiger partial charge in [0, 0.05) is 18.1 Å². The number of hydrogen-bond acceptors (Lipinski definition) is 4. The minimum absolute atomic E-state index is 0.0642. The number of nitrogens with zero attached hydrogens (tertiary/aromatic N) is 1. The second-order valence-electron chi connectivity index (χ2n) is 5.56. The number of halogens is 2. The van der Waals surface area contributed by atoms with Crippen LogP contribution in [0.5, 0.6) is 0 Å². The number of nitrogen functional groups attached to an aromatic ring is 1. The van der Waals surface area contributed by atoms with Crippen LogP contribution in [0.25, 0.3) is 0 Å². The van der Waals surface area contributed by atoms with E-state index in [1.54, 1.807) is 6.92 Å². The number of nitrogens with two attached hydrogens (primary N) is 1. The Kier molecular flexibility index (Phi) is 4.49. The monoisotopic (exact) mass is 336 g/mol. The molecule has 5 nitrogen and oxygen atoms in total. The van der Waals surface area contributed by atoms with E-state index in [0.717, 1.165) is 6.07 Å². The van der Waals surface area contributed by atoms with Crippen LogP contribution in [0.2, 0.25) is 5.02 Å². The highest BCUT2D eigenvalue weighted by Crippen LogP contribution is 2.30. The fraction of sp³-hybridized carbons (Fsp3) is 0.538.